The number of hydrogen-bond acceptors (Lipinski definition) is 1. The van der Waals surface area contributed by atoms with Crippen molar-refractivity contribution in [3.05, 3.63) is 40.9 Å². The predicted octanol–water partition coefficient (Wildman–Crippen LogP) is 5.98. The third-order valence-corrected chi connectivity index (χ3v) is 5.12. The van der Waals surface area contributed by atoms with Crippen molar-refractivity contribution in [1.82, 2.24) is 0 Å². The van der Waals surface area contributed by atoms with E-state index in [1.807, 2.05) is 0 Å². The third kappa shape index (κ3) is 3.17. The van der Waals surface area contributed by atoms with Crippen LogP contribution < -0.4 is 5.32 Å². The van der Waals surface area contributed by atoms with Gasteiger partial charge in [-0.1, -0.05) is 65.9 Å². The van der Waals surface area contributed by atoms with Gasteiger partial charge in [-0.05, 0) is 36.3 Å². The SMILES string of the molecule is Brc1ccc(NCC2CCCCCC2)c2ccccc12. The van der Waals surface area contributed by atoms with E-state index in [4.69, 9.17) is 0 Å². The van der Waals surface area contributed by atoms with E-state index in [1.54, 1.807) is 0 Å². The fraction of sp³-hybridized carbons (Fsp3) is 0.444. The molecule has 0 unspecified atom stereocenters. The summed E-state index contributed by atoms with van der Waals surface area (Å²) in [6, 6.07) is 12.9. The van der Waals surface area contributed by atoms with Gasteiger partial charge in [-0.15, -0.1) is 0 Å². The number of halogens is 1. The maximum Gasteiger partial charge on any atom is 0.0420 e. The first kappa shape index (κ1) is 13.9. The highest BCUT2D eigenvalue weighted by Crippen LogP contribution is 2.31. The summed E-state index contributed by atoms with van der Waals surface area (Å²) in [4.78, 5) is 0. The van der Waals surface area contributed by atoms with Crippen LogP contribution in [0.3, 0.4) is 0 Å². The highest BCUT2D eigenvalue weighted by molar-refractivity contribution is 9.10. The lowest BCUT2D eigenvalue weighted by Gasteiger charge is -2.17. The lowest BCUT2D eigenvalue weighted by molar-refractivity contribution is 0.483. The summed E-state index contributed by atoms with van der Waals surface area (Å²) in [5.74, 6) is 0.847. The fourth-order valence-corrected chi connectivity index (χ4v) is 3.72. The van der Waals surface area contributed by atoms with Gasteiger partial charge in [0.2, 0.25) is 0 Å². The van der Waals surface area contributed by atoms with Crippen LogP contribution in [0.25, 0.3) is 10.8 Å². The quantitative estimate of drug-likeness (QED) is 0.681. The Bertz CT molecular complexity index is 571. The Kier molecular flexibility index (Phi) is 4.62. The molecule has 2 aromatic rings. The first-order valence-electron chi connectivity index (χ1n) is 7.76. The molecule has 1 fully saturated rings. The van der Waals surface area contributed by atoms with E-state index in [0.29, 0.717) is 0 Å². The largest absolute Gasteiger partial charge is 0.384 e. The second kappa shape index (κ2) is 6.62. The molecule has 1 nitrogen and oxygen atoms in total. The first-order chi connectivity index (χ1) is 9.84. The molecule has 20 heavy (non-hydrogen) atoms. The monoisotopic (exact) mass is 331 g/mol. The highest BCUT2D eigenvalue weighted by Gasteiger charge is 2.12. The van der Waals surface area contributed by atoms with Crippen LogP contribution in [0, 0.1) is 5.92 Å². The zero-order valence-corrected chi connectivity index (χ0v) is 13.5. The Balaban J connectivity index is 1.75. The number of nitrogens with one attached hydrogen (secondary N) is 1. The number of anilines is 1. The topological polar surface area (TPSA) is 12.0 Å². The van der Waals surface area contributed by atoms with E-state index in [2.05, 4.69) is 57.6 Å². The fourth-order valence-electron chi connectivity index (χ4n) is 3.24. The van der Waals surface area contributed by atoms with Gasteiger partial charge in [-0.3, -0.25) is 0 Å². The van der Waals surface area contributed by atoms with E-state index >= 15 is 0 Å². The van der Waals surface area contributed by atoms with Gasteiger partial charge in [-0.2, -0.15) is 0 Å². The van der Waals surface area contributed by atoms with Crippen molar-refractivity contribution in [2.75, 3.05) is 11.9 Å². The molecule has 0 radical (unpaired) electrons. The van der Waals surface area contributed by atoms with Crippen molar-refractivity contribution in [2.45, 2.75) is 38.5 Å². The van der Waals surface area contributed by atoms with Gasteiger partial charge in [0.25, 0.3) is 0 Å². The molecular weight excluding hydrogens is 310 g/mol. The van der Waals surface area contributed by atoms with Crippen LogP contribution in [-0.4, -0.2) is 6.54 Å². The smallest absolute Gasteiger partial charge is 0.0420 e. The molecule has 0 saturated heterocycles. The minimum Gasteiger partial charge on any atom is -0.384 e. The van der Waals surface area contributed by atoms with Crippen LogP contribution in [0.5, 0.6) is 0 Å². The molecule has 1 N–H and O–H groups in total. The summed E-state index contributed by atoms with van der Waals surface area (Å²) >= 11 is 3.64. The summed E-state index contributed by atoms with van der Waals surface area (Å²) < 4.78 is 1.17. The van der Waals surface area contributed by atoms with Gasteiger partial charge in [0.1, 0.15) is 0 Å². The molecule has 1 aliphatic carbocycles. The highest BCUT2D eigenvalue weighted by atomic mass is 79.9. The summed E-state index contributed by atoms with van der Waals surface area (Å²) in [6.07, 6.45) is 8.46. The van der Waals surface area contributed by atoms with Crippen LogP contribution in [-0.2, 0) is 0 Å². The molecule has 0 heterocycles. The van der Waals surface area contributed by atoms with E-state index in [9.17, 15) is 0 Å². The zero-order chi connectivity index (χ0) is 13.8. The maximum absolute atomic E-state index is 3.69. The minimum atomic E-state index is 0.847. The molecule has 0 aromatic heterocycles. The lowest BCUT2D eigenvalue weighted by atomic mass is 10.00. The van der Waals surface area contributed by atoms with Gasteiger partial charge >= 0.3 is 0 Å². The summed E-state index contributed by atoms with van der Waals surface area (Å²) in [5.41, 5.74) is 1.27. The molecule has 106 valence electrons. The van der Waals surface area contributed by atoms with Crippen molar-refractivity contribution in [3.8, 4) is 0 Å². The van der Waals surface area contributed by atoms with E-state index in [0.717, 1.165) is 12.5 Å². The molecular formula is C18H22BrN. The third-order valence-electron chi connectivity index (χ3n) is 4.43. The Labute approximate surface area is 129 Å². The lowest BCUT2D eigenvalue weighted by Crippen LogP contribution is -2.13. The van der Waals surface area contributed by atoms with Crippen molar-refractivity contribution in [3.63, 3.8) is 0 Å². The molecule has 0 atom stereocenters. The first-order valence-corrected chi connectivity index (χ1v) is 8.55. The molecule has 1 aliphatic rings. The summed E-state index contributed by atoms with van der Waals surface area (Å²) in [6.45, 7) is 1.12. The van der Waals surface area contributed by atoms with Crippen LogP contribution in [0.1, 0.15) is 38.5 Å². The molecule has 3 rings (SSSR count). The number of fused-ring (bicyclic) bond motifs is 1. The van der Waals surface area contributed by atoms with Crippen molar-refractivity contribution < 1.29 is 0 Å². The number of benzene rings is 2. The number of hydrogen-bond donors (Lipinski definition) is 1. The van der Waals surface area contributed by atoms with Gasteiger partial charge < -0.3 is 5.32 Å². The van der Waals surface area contributed by atoms with E-state index in [-0.39, 0.29) is 0 Å². The summed E-state index contributed by atoms with van der Waals surface area (Å²) in [5, 5.41) is 6.30. The average molecular weight is 332 g/mol. The summed E-state index contributed by atoms with van der Waals surface area (Å²) in [7, 11) is 0. The second-order valence-electron chi connectivity index (χ2n) is 5.88. The Morgan fingerprint density at radius 1 is 0.900 bits per heavy atom. The van der Waals surface area contributed by atoms with Crippen LogP contribution in [0.15, 0.2) is 40.9 Å². The van der Waals surface area contributed by atoms with Crippen molar-refractivity contribution in [2.24, 2.45) is 5.92 Å². The van der Waals surface area contributed by atoms with Gasteiger partial charge in [0, 0.05) is 22.1 Å². The van der Waals surface area contributed by atoms with Crippen LogP contribution in [0.4, 0.5) is 5.69 Å². The minimum absolute atomic E-state index is 0.847. The molecule has 2 heteroatoms. The standard InChI is InChI=1S/C18H22BrN/c19-17-11-12-18(16-10-6-5-9-15(16)17)20-13-14-7-3-1-2-4-8-14/h5-6,9-12,14,20H,1-4,7-8,13H2. The molecule has 2 aromatic carbocycles. The Hall–Kier alpha value is -1.02. The van der Waals surface area contributed by atoms with E-state index < -0.39 is 0 Å². The second-order valence-corrected chi connectivity index (χ2v) is 6.73. The average Bonchev–Trinajstić information content (AvgIpc) is 2.76. The number of rotatable bonds is 3. The molecule has 0 bridgehead atoms. The van der Waals surface area contributed by atoms with Crippen LogP contribution >= 0.6 is 15.9 Å². The molecule has 0 amide bonds. The zero-order valence-electron chi connectivity index (χ0n) is 11.9. The Morgan fingerprint density at radius 2 is 1.60 bits per heavy atom. The van der Waals surface area contributed by atoms with Crippen LogP contribution in [0.2, 0.25) is 0 Å². The molecule has 1 saturated carbocycles. The van der Waals surface area contributed by atoms with Crippen molar-refractivity contribution in [1.29, 1.82) is 0 Å². The van der Waals surface area contributed by atoms with E-state index in [1.165, 1.54) is 59.5 Å². The van der Waals surface area contributed by atoms with Gasteiger partial charge in [-0.25, -0.2) is 0 Å². The van der Waals surface area contributed by atoms with Gasteiger partial charge in [0.05, 0.1) is 0 Å². The molecule has 0 aliphatic heterocycles. The predicted molar refractivity (Wildman–Crippen MR) is 91.3 cm³/mol. The van der Waals surface area contributed by atoms with Gasteiger partial charge in [0.15, 0.2) is 0 Å². The van der Waals surface area contributed by atoms with Crippen molar-refractivity contribution >= 4 is 32.4 Å². The maximum atomic E-state index is 3.69. The Morgan fingerprint density at radius 3 is 2.35 bits per heavy atom. The normalized spacial score (nSPS) is 17.1. The molecule has 0 spiro atoms.